The first kappa shape index (κ1) is 14.8. The smallest absolute Gasteiger partial charge is 0.258 e. The maximum absolute atomic E-state index is 11.6. The largest absolute Gasteiger partial charge is 0.484 e. The molecule has 0 unspecified atom stereocenters. The van der Waals surface area contributed by atoms with E-state index in [2.05, 4.69) is 5.32 Å². The van der Waals surface area contributed by atoms with Crippen LogP contribution in [0.4, 0.5) is 0 Å². The van der Waals surface area contributed by atoms with E-state index < -0.39 is 0 Å². The lowest BCUT2D eigenvalue weighted by molar-refractivity contribution is -0.124. The summed E-state index contributed by atoms with van der Waals surface area (Å²) >= 11 is 5.83. The molecule has 0 bridgehead atoms. The summed E-state index contributed by atoms with van der Waals surface area (Å²) in [6.07, 6.45) is 0. The van der Waals surface area contributed by atoms with Gasteiger partial charge in [0.2, 0.25) is 0 Å². The summed E-state index contributed by atoms with van der Waals surface area (Å²) in [5.74, 6) is 0.489. The van der Waals surface area contributed by atoms with Crippen LogP contribution in [0, 0.1) is 6.92 Å². The molecule has 0 aromatic heterocycles. The van der Waals surface area contributed by atoms with Gasteiger partial charge < -0.3 is 14.8 Å². The van der Waals surface area contributed by atoms with Gasteiger partial charge in [0.15, 0.2) is 6.61 Å². The molecule has 1 rings (SSSR count). The van der Waals surface area contributed by atoms with Crippen molar-refractivity contribution in [3.8, 4) is 5.75 Å². The van der Waals surface area contributed by atoms with Gasteiger partial charge in [-0.15, -0.1) is 0 Å². The Balaban J connectivity index is 2.42. The van der Waals surface area contributed by atoms with Crippen LogP contribution in [0.15, 0.2) is 18.2 Å². The van der Waals surface area contributed by atoms with Crippen LogP contribution in [0.5, 0.6) is 5.75 Å². The van der Waals surface area contributed by atoms with Crippen molar-refractivity contribution >= 4 is 17.5 Å². The zero-order valence-corrected chi connectivity index (χ0v) is 11.6. The minimum atomic E-state index is -0.172. The van der Waals surface area contributed by atoms with Crippen LogP contribution >= 0.6 is 11.6 Å². The average molecular weight is 272 g/mol. The Labute approximate surface area is 112 Å². The predicted octanol–water partition coefficient (Wildman–Crippen LogP) is 2.18. The van der Waals surface area contributed by atoms with Crippen molar-refractivity contribution in [3.05, 3.63) is 28.8 Å². The highest BCUT2D eigenvalue weighted by atomic mass is 35.5. The molecule has 1 aromatic carbocycles. The second-order valence-electron chi connectivity index (χ2n) is 4.12. The van der Waals surface area contributed by atoms with Gasteiger partial charge in [-0.3, -0.25) is 4.79 Å². The summed E-state index contributed by atoms with van der Waals surface area (Å²) in [7, 11) is 1.59. The topological polar surface area (TPSA) is 47.6 Å². The molecule has 0 aliphatic carbocycles. The molecule has 1 amide bonds. The molecule has 0 heterocycles. The van der Waals surface area contributed by atoms with Crippen LogP contribution in [-0.2, 0) is 9.53 Å². The summed E-state index contributed by atoms with van der Waals surface area (Å²) in [6.45, 7) is 4.21. The Bertz CT molecular complexity index is 409. The Kier molecular flexibility index (Phi) is 5.95. The highest BCUT2D eigenvalue weighted by molar-refractivity contribution is 6.30. The molecule has 0 spiro atoms. The third-order valence-corrected chi connectivity index (χ3v) is 2.55. The number of hydrogen-bond donors (Lipinski definition) is 1. The summed E-state index contributed by atoms with van der Waals surface area (Å²) in [5.41, 5.74) is 0.903. The summed E-state index contributed by atoms with van der Waals surface area (Å²) in [6, 6.07) is 5.25. The van der Waals surface area contributed by atoms with Gasteiger partial charge in [-0.1, -0.05) is 11.6 Å². The van der Waals surface area contributed by atoms with Crippen LogP contribution in [0.3, 0.4) is 0 Å². The van der Waals surface area contributed by atoms with Crippen LogP contribution in [0.25, 0.3) is 0 Å². The molecule has 4 nitrogen and oxygen atoms in total. The molecule has 100 valence electrons. The number of rotatable bonds is 6. The Morgan fingerprint density at radius 1 is 1.50 bits per heavy atom. The molecule has 5 heteroatoms. The SMILES string of the molecule is COC[C@@H](C)NC(=O)COc1ccc(Cl)cc1C. The van der Waals surface area contributed by atoms with E-state index >= 15 is 0 Å². The molecule has 1 aromatic rings. The standard InChI is InChI=1S/C13H18ClNO3/c1-9-6-11(14)4-5-12(9)18-8-13(16)15-10(2)7-17-3/h4-6,10H,7-8H2,1-3H3,(H,15,16)/t10-/m1/s1. The molecule has 0 aliphatic heterocycles. The predicted molar refractivity (Wildman–Crippen MR) is 71.2 cm³/mol. The third kappa shape index (κ3) is 4.94. The van der Waals surface area contributed by atoms with Crippen molar-refractivity contribution in [2.75, 3.05) is 20.3 Å². The summed E-state index contributed by atoms with van der Waals surface area (Å²) in [5, 5.41) is 3.42. The first-order valence-electron chi connectivity index (χ1n) is 5.70. The molecule has 0 saturated heterocycles. The number of amides is 1. The maximum atomic E-state index is 11.6. The number of methoxy groups -OCH3 is 1. The van der Waals surface area contributed by atoms with E-state index in [-0.39, 0.29) is 18.6 Å². The minimum Gasteiger partial charge on any atom is -0.484 e. The fourth-order valence-electron chi connectivity index (χ4n) is 1.53. The van der Waals surface area contributed by atoms with E-state index in [0.29, 0.717) is 17.4 Å². The molecule has 1 N–H and O–H groups in total. The van der Waals surface area contributed by atoms with Gasteiger partial charge >= 0.3 is 0 Å². The number of hydrogen-bond acceptors (Lipinski definition) is 3. The minimum absolute atomic E-state index is 0.0173. The number of aryl methyl sites for hydroxylation is 1. The fourth-order valence-corrected chi connectivity index (χ4v) is 1.75. The van der Waals surface area contributed by atoms with Crippen molar-refractivity contribution in [1.82, 2.24) is 5.32 Å². The zero-order chi connectivity index (χ0) is 13.5. The normalized spacial score (nSPS) is 12.0. The first-order chi connectivity index (χ1) is 8.52. The zero-order valence-electron chi connectivity index (χ0n) is 10.8. The number of carbonyl (C=O) groups excluding carboxylic acids is 1. The van der Waals surface area contributed by atoms with Gasteiger partial charge in [0.05, 0.1) is 6.61 Å². The van der Waals surface area contributed by atoms with Crippen LogP contribution < -0.4 is 10.1 Å². The van der Waals surface area contributed by atoms with Gasteiger partial charge in [-0.2, -0.15) is 0 Å². The Hall–Kier alpha value is -1.26. The second-order valence-corrected chi connectivity index (χ2v) is 4.56. The Morgan fingerprint density at radius 2 is 2.22 bits per heavy atom. The number of carbonyl (C=O) groups is 1. The van der Waals surface area contributed by atoms with Crippen LogP contribution in [-0.4, -0.2) is 32.3 Å². The van der Waals surface area contributed by atoms with Crippen molar-refractivity contribution in [3.63, 3.8) is 0 Å². The molecule has 1 atom stereocenters. The molecule has 0 fully saturated rings. The lowest BCUT2D eigenvalue weighted by Gasteiger charge is -2.14. The average Bonchev–Trinajstić information content (AvgIpc) is 2.28. The van der Waals surface area contributed by atoms with Crippen molar-refractivity contribution in [1.29, 1.82) is 0 Å². The number of benzene rings is 1. The molecular weight excluding hydrogens is 254 g/mol. The van der Waals surface area contributed by atoms with Crippen molar-refractivity contribution in [2.24, 2.45) is 0 Å². The van der Waals surface area contributed by atoms with Crippen LogP contribution in [0.2, 0.25) is 5.02 Å². The Morgan fingerprint density at radius 3 is 2.83 bits per heavy atom. The van der Waals surface area contributed by atoms with Gasteiger partial charge in [0, 0.05) is 18.2 Å². The van der Waals surface area contributed by atoms with E-state index in [0.717, 1.165) is 5.56 Å². The van der Waals surface area contributed by atoms with E-state index in [1.54, 1.807) is 25.3 Å². The summed E-state index contributed by atoms with van der Waals surface area (Å²) in [4.78, 5) is 11.6. The monoisotopic (exact) mass is 271 g/mol. The number of nitrogens with one attached hydrogen (secondary N) is 1. The number of halogens is 1. The highest BCUT2D eigenvalue weighted by Crippen LogP contribution is 2.21. The van der Waals surface area contributed by atoms with Gasteiger partial charge in [-0.25, -0.2) is 0 Å². The van der Waals surface area contributed by atoms with E-state index in [9.17, 15) is 4.79 Å². The fraction of sp³-hybridized carbons (Fsp3) is 0.462. The number of ether oxygens (including phenoxy) is 2. The van der Waals surface area contributed by atoms with Gasteiger partial charge in [0.1, 0.15) is 5.75 Å². The lowest BCUT2D eigenvalue weighted by atomic mass is 10.2. The van der Waals surface area contributed by atoms with E-state index in [1.807, 2.05) is 13.8 Å². The molecule has 18 heavy (non-hydrogen) atoms. The lowest BCUT2D eigenvalue weighted by Crippen LogP contribution is -2.38. The van der Waals surface area contributed by atoms with Gasteiger partial charge in [0.25, 0.3) is 5.91 Å². The summed E-state index contributed by atoms with van der Waals surface area (Å²) < 4.78 is 10.4. The third-order valence-electron chi connectivity index (χ3n) is 2.32. The van der Waals surface area contributed by atoms with Crippen molar-refractivity contribution in [2.45, 2.75) is 19.9 Å². The maximum Gasteiger partial charge on any atom is 0.258 e. The van der Waals surface area contributed by atoms with Crippen molar-refractivity contribution < 1.29 is 14.3 Å². The first-order valence-corrected chi connectivity index (χ1v) is 6.08. The van der Waals surface area contributed by atoms with Gasteiger partial charge in [-0.05, 0) is 37.6 Å². The van der Waals surface area contributed by atoms with E-state index in [4.69, 9.17) is 21.1 Å². The molecule has 0 saturated carbocycles. The molecular formula is C13H18ClNO3. The highest BCUT2D eigenvalue weighted by Gasteiger charge is 2.08. The molecule has 0 aliphatic rings. The second kappa shape index (κ2) is 7.24. The quantitative estimate of drug-likeness (QED) is 0.863. The van der Waals surface area contributed by atoms with E-state index in [1.165, 1.54) is 0 Å². The van der Waals surface area contributed by atoms with Crippen LogP contribution in [0.1, 0.15) is 12.5 Å². The molecule has 0 radical (unpaired) electrons.